The number of halogens is 2. The number of ketones is 2. The smallest absolute Gasteiger partial charge is 0.246 e. The number of aromatic nitrogens is 1. The lowest BCUT2D eigenvalue weighted by molar-refractivity contribution is 0.0990. The maximum Gasteiger partial charge on any atom is 0.246 e. The molecule has 2 aromatic heterocycles. The van der Waals surface area contributed by atoms with Crippen molar-refractivity contribution in [3.63, 3.8) is 0 Å². The largest absolute Gasteiger partial charge is 0.493 e. The highest BCUT2D eigenvalue weighted by atomic mass is 35.5. The maximum atomic E-state index is 13.1. The molecule has 0 aliphatic carbocycles. The summed E-state index contributed by atoms with van der Waals surface area (Å²) in [6.45, 7) is 0. The summed E-state index contributed by atoms with van der Waals surface area (Å²) in [5.41, 5.74) is 1.48. The van der Waals surface area contributed by atoms with Crippen LogP contribution in [0.4, 0.5) is 0 Å². The van der Waals surface area contributed by atoms with E-state index in [0.717, 1.165) is 0 Å². The molecule has 0 unspecified atom stereocenters. The number of hydrogen-bond acceptors (Lipinski definition) is 5. The summed E-state index contributed by atoms with van der Waals surface area (Å²) in [5, 5.41) is 1.31. The van der Waals surface area contributed by atoms with Crippen LogP contribution < -0.4 is 4.74 Å². The molecule has 0 fully saturated rings. The van der Waals surface area contributed by atoms with Crippen molar-refractivity contribution in [3.8, 4) is 5.75 Å². The van der Waals surface area contributed by atoms with Crippen LogP contribution in [0.3, 0.4) is 0 Å². The number of furan rings is 1. The number of rotatable bonds is 6. The van der Waals surface area contributed by atoms with E-state index < -0.39 is 0 Å². The van der Waals surface area contributed by atoms with Crippen LogP contribution in [0.2, 0.25) is 10.0 Å². The summed E-state index contributed by atoms with van der Waals surface area (Å²) < 4.78 is 11.1. The van der Waals surface area contributed by atoms with Gasteiger partial charge in [-0.3, -0.25) is 14.6 Å². The van der Waals surface area contributed by atoms with Gasteiger partial charge >= 0.3 is 0 Å². The third kappa shape index (κ3) is 3.70. The number of ether oxygens (including phenoxy) is 1. The number of methoxy groups -OCH3 is 1. The van der Waals surface area contributed by atoms with Crippen LogP contribution in [0.25, 0.3) is 11.0 Å². The van der Waals surface area contributed by atoms with Gasteiger partial charge in [-0.25, -0.2) is 0 Å². The van der Waals surface area contributed by atoms with Crippen LogP contribution in [-0.4, -0.2) is 23.7 Å². The maximum absolute atomic E-state index is 13.1. The molecule has 0 saturated heterocycles. The average molecular weight is 440 g/mol. The number of carbonyl (C=O) groups excluding carboxylic acids is 2. The highest BCUT2D eigenvalue weighted by molar-refractivity contribution is 6.36. The van der Waals surface area contributed by atoms with Crippen LogP contribution >= 0.6 is 23.2 Å². The van der Waals surface area contributed by atoms with Crippen molar-refractivity contribution < 1.29 is 18.7 Å². The lowest BCUT2D eigenvalue weighted by Gasteiger charge is -2.08. The van der Waals surface area contributed by atoms with Crippen LogP contribution in [0.15, 0.2) is 65.2 Å². The second-order valence-corrected chi connectivity index (χ2v) is 7.33. The van der Waals surface area contributed by atoms with Gasteiger partial charge in [-0.05, 0) is 48.0 Å². The lowest BCUT2D eigenvalue weighted by Crippen LogP contribution is -2.05. The highest BCUT2D eigenvalue weighted by Gasteiger charge is 2.22. The number of fused-ring (bicyclic) bond motifs is 1. The molecule has 0 spiro atoms. The molecule has 30 heavy (non-hydrogen) atoms. The first-order chi connectivity index (χ1) is 14.5. The fourth-order valence-electron chi connectivity index (χ4n) is 3.19. The van der Waals surface area contributed by atoms with Gasteiger partial charge < -0.3 is 9.15 Å². The zero-order valence-electron chi connectivity index (χ0n) is 15.8. The molecule has 4 rings (SSSR count). The fourth-order valence-corrected chi connectivity index (χ4v) is 3.73. The third-order valence-corrected chi connectivity index (χ3v) is 5.40. The van der Waals surface area contributed by atoms with E-state index in [4.69, 9.17) is 32.4 Å². The van der Waals surface area contributed by atoms with Crippen LogP contribution in [0, 0.1) is 0 Å². The topological polar surface area (TPSA) is 69.4 Å². The Kier molecular flexibility index (Phi) is 5.57. The molecule has 2 aromatic carbocycles. The number of benzene rings is 2. The Morgan fingerprint density at radius 2 is 1.80 bits per heavy atom. The van der Waals surface area contributed by atoms with Crippen molar-refractivity contribution >= 4 is 45.7 Å². The van der Waals surface area contributed by atoms with Gasteiger partial charge in [-0.15, -0.1) is 0 Å². The molecule has 0 amide bonds. The van der Waals surface area contributed by atoms with E-state index in [1.165, 1.54) is 19.4 Å². The predicted molar refractivity (Wildman–Crippen MR) is 115 cm³/mol. The van der Waals surface area contributed by atoms with Crippen LogP contribution in [0.1, 0.15) is 32.2 Å². The number of carbonyl (C=O) groups is 2. The fraction of sp³-hybridized carbons (Fsp3) is 0.0870. The summed E-state index contributed by atoms with van der Waals surface area (Å²) >= 11 is 12.4. The van der Waals surface area contributed by atoms with Crippen molar-refractivity contribution in [3.05, 3.63) is 93.4 Å². The first-order valence-electron chi connectivity index (χ1n) is 9.02. The molecule has 0 N–H and O–H groups in total. The Morgan fingerprint density at radius 1 is 1.03 bits per heavy atom. The molecule has 150 valence electrons. The Labute approximate surface area is 182 Å². The van der Waals surface area contributed by atoms with Gasteiger partial charge in [0.25, 0.3) is 0 Å². The van der Waals surface area contributed by atoms with Gasteiger partial charge in [0.05, 0.1) is 7.11 Å². The first kappa shape index (κ1) is 20.1. The summed E-state index contributed by atoms with van der Waals surface area (Å²) in [4.78, 5) is 29.9. The number of Topliss-reactive ketones (excluding diaryl/α,β-unsaturated/α-hetero) is 1. The highest BCUT2D eigenvalue weighted by Crippen LogP contribution is 2.34. The van der Waals surface area contributed by atoms with E-state index in [1.54, 1.807) is 48.5 Å². The SMILES string of the molecule is COc1ccc(C(=O)Cc2c(Cl)cccc2Cl)c2cc(C(=O)c3ccccn3)oc12. The normalized spacial score (nSPS) is 10.9. The van der Waals surface area contributed by atoms with Gasteiger partial charge in [0.15, 0.2) is 22.9 Å². The molecule has 0 aliphatic heterocycles. The number of nitrogens with zero attached hydrogens (tertiary/aromatic N) is 1. The monoisotopic (exact) mass is 439 g/mol. The summed E-state index contributed by atoms with van der Waals surface area (Å²) in [5.74, 6) is -0.118. The third-order valence-electron chi connectivity index (χ3n) is 4.69. The second kappa shape index (κ2) is 8.30. The molecule has 2 heterocycles. The Hall–Kier alpha value is -3.15. The zero-order chi connectivity index (χ0) is 21.3. The number of pyridine rings is 1. The molecule has 0 radical (unpaired) electrons. The summed E-state index contributed by atoms with van der Waals surface area (Å²) in [7, 11) is 1.49. The molecular weight excluding hydrogens is 425 g/mol. The average Bonchev–Trinajstić information content (AvgIpc) is 3.21. The van der Waals surface area contributed by atoms with Crippen molar-refractivity contribution in [2.24, 2.45) is 0 Å². The van der Waals surface area contributed by atoms with Gasteiger partial charge in [-0.1, -0.05) is 35.3 Å². The van der Waals surface area contributed by atoms with E-state index in [2.05, 4.69) is 4.98 Å². The van der Waals surface area contributed by atoms with E-state index in [1.807, 2.05) is 0 Å². The van der Waals surface area contributed by atoms with Crippen LogP contribution in [0.5, 0.6) is 5.75 Å². The molecule has 0 bridgehead atoms. The molecule has 0 atom stereocenters. The van der Waals surface area contributed by atoms with Gasteiger partial charge in [0, 0.05) is 33.6 Å². The minimum Gasteiger partial charge on any atom is -0.493 e. The Balaban J connectivity index is 1.78. The molecule has 0 saturated carbocycles. The first-order valence-corrected chi connectivity index (χ1v) is 9.77. The van der Waals surface area contributed by atoms with E-state index >= 15 is 0 Å². The van der Waals surface area contributed by atoms with E-state index in [0.29, 0.717) is 37.9 Å². The van der Waals surface area contributed by atoms with Gasteiger partial charge in [-0.2, -0.15) is 0 Å². The molecule has 5 nitrogen and oxygen atoms in total. The predicted octanol–water partition coefficient (Wildman–Crippen LogP) is 5.80. The minimum absolute atomic E-state index is 0.00857. The lowest BCUT2D eigenvalue weighted by atomic mass is 9.99. The van der Waals surface area contributed by atoms with Gasteiger partial charge in [0.2, 0.25) is 5.78 Å². The summed E-state index contributed by atoms with van der Waals surface area (Å²) in [6.07, 6.45) is 1.54. The van der Waals surface area contributed by atoms with Crippen molar-refractivity contribution in [1.29, 1.82) is 0 Å². The Bertz CT molecular complexity index is 1240. The second-order valence-electron chi connectivity index (χ2n) is 6.51. The number of hydrogen-bond donors (Lipinski definition) is 0. The zero-order valence-corrected chi connectivity index (χ0v) is 17.3. The van der Waals surface area contributed by atoms with Crippen molar-refractivity contribution in [1.82, 2.24) is 4.98 Å². The summed E-state index contributed by atoms with van der Waals surface area (Å²) in [6, 6.07) is 14.9. The minimum atomic E-state index is -0.388. The standard InChI is InChI=1S/C23H15Cl2NO4/c1-29-20-9-8-13(19(27)11-15-16(24)5-4-6-17(15)25)14-12-21(30-23(14)20)22(28)18-7-2-3-10-26-18/h2-10,12H,11H2,1H3. The van der Waals surface area contributed by atoms with Crippen molar-refractivity contribution in [2.45, 2.75) is 6.42 Å². The quantitative estimate of drug-likeness (QED) is 0.355. The Morgan fingerprint density at radius 3 is 2.47 bits per heavy atom. The molecule has 0 aliphatic rings. The molecular formula is C23H15Cl2NO4. The van der Waals surface area contributed by atoms with Gasteiger partial charge in [0.1, 0.15) is 5.69 Å². The molecule has 4 aromatic rings. The van der Waals surface area contributed by atoms with E-state index in [-0.39, 0.29) is 29.4 Å². The van der Waals surface area contributed by atoms with Crippen molar-refractivity contribution in [2.75, 3.05) is 7.11 Å². The van der Waals surface area contributed by atoms with Crippen LogP contribution in [-0.2, 0) is 6.42 Å². The van der Waals surface area contributed by atoms with E-state index in [9.17, 15) is 9.59 Å². The molecule has 7 heteroatoms.